The second-order valence-electron chi connectivity index (χ2n) is 5.33. The molecule has 0 bridgehead atoms. The second-order valence-corrected chi connectivity index (χ2v) is 5.98. The average molecular weight is 306 g/mol. The molecule has 0 aromatic heterocycles. The highest BCUT2D eigenvalue weighted by molar-refractivity contribution is 9.09. The third-order valence-corrected chi connectivity index (χ3v) is 4.85. The smallest absolute Gasteiger partial charge is 0.0799 e. The monoisotopic (exact) mass is 305 g/mol. The summed E-state index contributed by atoms with van der Waals surface area (Å²) in [7, 11) is 1.84. The standard InChI is InChI=1S/C13H24BrNO2/c1-10-9-17-13(7-14)8-15(10)11-4-3-5-12(6-11)16-2/h10-13H,3-9H2,1-2H3. The van der Waals surface area contributed by atoms with Gasteiger partial charge in [-0.15, -0.1) is 0 Å². The molecule has 17 heavy (non-hydrogen) atoms. The van der Waals surface area contributed by atoms with Gasteiger partial charge in [0.05, 0.1) is 18.8 Å². The number of morpholine rings is 1. The first-order valence-corrected chi connectivity index (χ1v) is 7.82. The summed E-state index contributed by atoms with van der Waals surface area (Å²) in [6, 6.07) is 1.24. The molecule has 1 aliphatic heterocycles. The number of methoxy groups -OCH3 is 1. The van der Waals surface area contributed by atoms with Crippen LogP contribution >= 0.6 is 15.9 Å². The molecule has 0 radical (unpaired) electrons. The molecule has 2 rings (SSSR count). The van der Waals surface area contributed by atoms with Gasteiger partial charge in [-0.1, -0.05) is 15.9 Å². The van der Waals surface area contributed by atoms with E-state index in [1.807, 2.05) is 7.11 Å². The number of hydrogen-bond acceptors (Lipinski definition) is 3. The SMILES string of the molecule is COC1CCCC(N2CC(CBr)OCC2C)C1. The molecule has 0 amide bonds. The largest absolute Gasteiger partial charge is 0.381 e. The number of ether oxygens (including phenoxy) is 2. The van der Waals surface area contributed by atoms with Crippen LogP contribution in [0.3, 0.4) is 0 Å². The highest BCUT2D eigenvalue weighted by Crippen LogP contribution is 2.28. The second kappa shape index (κ2) is 6.50. The van der Waals surface area contributed by atoms with Gasteiger partial charge in [0.25, 0.3) is 0 Å². The van der Waals surface area contributed by atoms with E-state index in [1.54, 1.807) is 0 Å². The predicted octanol–water partition coefficient (Wildman–Crippen LogP) is 2.43. The Labute approximate surface area is 113 Å². The first-order valence-electron chi connectivity index (χ1n) is 6.70. The van der Waals surface area contributed by atoms with Crippen LogP contribution < -0.4 is 0 Å². The summed E-state index contributed by atoms with van der Waals surface area (Å²) in [5.41, 5.74) is 0. The van der Waals surface area contributed by atoms with E-state index in [9.17, 15) is 0 Å². The van der Waals surface area contributed by atoms with Gasteiger partial charge in [-0.3, -0.25) is 4.90 Å². The molecule has 1 saturated heterocycles. The van der Waals surface area contributed by atoms with Gasteiger partial charge in [-0.2, -0.15) is 0 Å². The summed E-state index contributed by atoms with van der Waals surface area (Å²) in [4.78, 5) is 2.64. The molecule has 1 heterocycles. The van der Waals surface area contributed by atoms with E-state index in [1.165, 1.54) is 25.7 Å². The van der Waals surface area contributed by atoms with Crippen molar-refractivity contribution in [1.29, 1.82) is 0 Å². The lowest BCUT2D eigenvalue weighted by Crippen LogP contribution is -2.54. The fraction of sp³-hybridized carbons (Fsp3) is 1.00. The zero-order valence-electron chi connectivity index (χ0n) is 10.9. The minimum atomic E-state index is 0.356. The summed E-state index contributed by atoms with van der Waals surface area (Å²) in [6.45, 7) is 4.21. The Morgan fingerprint density at radius 1 is 1.41 bits per heavy atom. The lowest BCUT2D eigenvalue weighted by molar-refractivity contribution is -0.0796. The highest BCUT2D eigenvalue weighted by Gasteiger charge is 2.33. The third kappa shape index (κ3) is 3.43. The number of rotatable bonds is 3. The van der Waals surface area contributed by atoms with Gasteiger partial charge in [0.1, 0.15) is 0 Å². The fourth-order valence-corrected chi connectivity index (χ4v) is 3.47. The summed E-state index contributed by atoms with van der Waals surface area (Å²) in [6.07, 6.45) is 5.86. The molecule has 2 aliphatic rings. The molecule has 4 atom stereocenters. The van der Waals surface area contributed by atoms with Gasteiger partial charge in [-0.05, 0) is 32.6 Å². The summed E-state index contributed by atoms with van der Waals surface area (Å²) in [5.74, 6) is 0. The molecule has 1 saturated carbocycles. The number of nitrogens with zero attached hydrogens (tertiary/aromatic N) is 1. The van der Waals surface area contributed by atoms with Gasteiger partial charge in [-0.25, -0.2) is 0 Å². The van der Waals surface area contributed by atoms with Gasteiger partial charge in [0.2, 0.25) is 0 Å². The molecule has 0 aromatic rings. The highest BCUT2D eigenvalue weighted by atomic mass is 79.9. The zero-order chi connectivity index (χ0) is 12.3. The molecule has 2 fully saturated rings. The first kappa shape index (κ1) is 13.8. The molecule has 0 N–H and O–H groups in total. The Morgan fingerprint density at radius 3 is 2.94 bits per heavy atom. The van der Waals surface area contributed by atoms with Gasteiger partial charge in [0.15, 0.2) is 0 Å². The average Bonchev–Trinajstić information content (AvgIpc) is 2.39. The Hall–Kier alpha value is 0.360. The Balaban J connectivity index is 1.94. The zero-order valence-corrected chi connectivity index (χ0v) is 12.5. The lowest BCUT2D eigenvalue weighted by Gasteiger charge is -2.45. The van der Waals surface area contributed by atoms with E-state index in [4.69, 9.17) is 9.47 Å². The van der Waals surface area contributed by atoms with Crippen LogP contribution in [0, 0.1) is 0 Å². The molecule has 0 spiro atoms. The van der Waals surface area contributed by atoms with Crippen LogP contribution in [-0.4, -0.2) is 54.8 Å². The number of hydrogen-bond donors (Lipinski definition) is 0. The molecule has 4 heteroatoms. The van der Waals surface area contributed by atoms with E-state index in [2.05, 4.69) is 27.8 Å². The Morgan fingerprint density at radius 2 is 2.24 bits per heavy atom. The van der Waals surface area contributed by atoms with Crippen molar-refractivity contribution in [3.63, 3.8) is 0 Å². The van der Waals surface area contributed by atoms with E-state index < -0.39 is 0 Å². The molecular formula is C13H24BrNO2. The van der Waals surface area contributed by atoms with Crippen LogP contribution in [0.15, 0.2) is 0 Å². The molecular weight excluding hydrogens is 282 g/mol. The van der Waals surface area contributed by atoms with Crippen molar-refractivity contribution in [2.75, 3.05) is 25.6 Å². The van der Waals surface area contributed by atoms with Crippen LogP contribution in [-0.2, 0) is 9.47 Å². The van der Waals surface area contributed by atoms with Crippen LogP contribution in [0.2, 0.25) is 0 Å². The maximum absolute atomic E-state index is 5.79. The van der Waals surface area contributed by atoms with Crippen molar-refractivity contribution in [3.8, 4) is 0 Å². The number of halogens is 1. The molecule has 4 unspecified atom stereocenters. The normalized spacial score (nSPS) is 40.4. The van der Waals surface area contributed by atoms with Crippen molar-refractivity contribution in [3.05, 3.63) is 0 Å². The van der Waals surface area contributed by atoms with Crippen LogP contribution in [0.4, 0.5) is 0 Å². The number of alkyl halides is 1. The van der Waals surface area contributed by atoms with E-state index in [-0.39, 0.29) is 0 Å². The van der Waals surface area contributed by atoms with Crippen LogP contribution in [0.5, 0.6) is 0 Å². The topological polar surface area (TPSA) is 21.7 Å². The molecule has 100 valence electrons. The fourth-order valence-electron chi connectivity index (χ4n) is 3.08. The van der Waals surface area contributed by atoms with Crippen LogP contribution in [0.25, 0.3) is 0 Å². The van der Waals surface area contributed by atoms with E-state index in [0.717, 1.165) is 18.5 Å². The maximum atomic E-state index is 5.79. The van der Waals surface area contributed by atoms with Crippen molar-refractivity contribution in [1.82, 2.24) is 4.90 Å². The van der Waals surface area contributed by atoms with Gasteiger partial charge < -0.3 is 9.47 Å². The Kier molecular flexibility index (Phi) is 5.27. The predicted molar refractivity (Wildman–Crippen MR) is 72.8 cm³/mol. The van der Waals surface area contributed by atoms with E-state index >= 15 is 0 Å². The van der Waals surface area contributed by atoms with Gasteiger partial charge in [0, 0.05) is 31.1 Å². The quantitative estimate of drug-likeness (QED) is 0.748. The van der Waals surface area contributed by atoms with E-state index in [0.29, 0.717) is 24.3 Å². The lowest BCUT2D eigenvalue weighted by atomic mass is 9.90. The third-order valence-electron chi connectivity index (χ3n) is 4.13. The summed E-state index contributed by atoms with van der Waals surface area (Å²) < 4.78 is 11.3. The molecule has 3 nitrogen and oxygen atoms in total. The summed E-state index contributed by atoms with van der Waals surface area (Å²) >= 11 is 3.53. The van der Waals surface area contributed by atoms with Crippen molar-refractivity contribution in [2.45, 2.75) is 56.9 Å². The van der Waals surface area contributed by atoms with Crippen LogP contribution in [0.1, 0.15) is 32.6 Å². The van der Waals surface area contributed by atoms with Gasteiger partial charge >= 0.3 is 0 Å². The van der Waals surface area contributed by atoms with Crippen molar-refractivity contribution in [2.24, 2.45) is 0 Å². The minimum Gasteiger partial charge on any atom is -0.381 e. The summed E-state index contributed by atoms with van der Waals surface area (Å²) in [5, 5.41) is 0.941. The first-order chi connectivity index (χ1) is 8.24. The molecule has 0 aromatic carbocycles. The minimum absolute atomic E-state index is 0.356. The molecule has 1 aliphatic carbocycles. The maximum Gasteiger partial charge on any atom is 0.0799 e. The Bertz CT molecular complexity index is 239. The van der Waals surface area contributed by atoms with Crippen molar-refractivity contribution < 1.29 is 9.47 Å². The van der Waals surface area contributed by atoms with Crippen molar-refractivity contribution >= 4 is 15.9 Å².